The minimum Gasteiger partial charge on any atom is -0.469 e. The van der Waals surface area contributed by atoms with E-state index in [1.165, 1.54) is 13.0 Å². The molecule has 10 atom stereocenters. The maximum Gasteiger partial charge on any atom is 0.308 e. The van der Waals surface area contributed by atoms with Crippen LogP contribution in [0.1, 0.15) is 79.1 Å². The van der Waals surface area contributed by atoms with Crippen molar-refractivity contribution in [3.05, 3.63) is 5.92 Å². The first-order valence-electron chi connectivity index (χ1n) is 12.7. The highest BCUT2D eigenvalue weighted by Gasteiger charge is 2.69. The Balaban J connectivity index is 1.53. The second-order valence-electron chi connectivity index (χ2n) is 12.1. The molecule has 0 aromatic heterocycles. The van der Waals surface area contributed by atoms with E-state index in [0.717, 1.165) is 38.5 Å². The van der Waals surface area contributed by atoms with Crippen LogP contribution in [-0.4, -0.2) is 24.6 Å². The first-order valence-corrected chi connectivity index (χ1v) is 12.7. The third-order valence-electron chi connectivity index (χ3n) is 11.1. The summed E-state index contributed by atoms with van der Waals surface area (Å²) in [5.74, 6) is 4.13. The van der Waals surface area contributed by atoms with Gasteiger partial charge in [-0.3, -0.25) is 14.4 Å². The van der Waals surface area contributed by atoms with Gasteiger partial charge in [-0.2, -0.15) is 0 Å². The molecule has 0 bridgehead atoms. The Bertz CT molecular complexity index is 803. The second kappa shape index (κ2) is 7.15. The Morgan fingerprint density at radius 1 is 1.13 bits per heavy atom. The van der Waals surface area contributed by atoms with Gasteiger partial charge in [0.25, 0.3) is 0 Å². The van der Waals surface area contributed by atoms with Crippen LogP contribution < -0.4 is 0 Å². The zero-order valence-electron chi connectivity index (χ0n) is 19.9. The summed E-state index contributed by atoms with van der Waals surface area (Å²) in [7, 11) is 1.51. The van der Waals surface area contributed by atoms with Crippen molar-refractivity contribution in [2.75, 3.05) is 7.11 Å². The largest absolute Gasteiger partial charge is 0.469 e. The molecular formula is C27H39O4. The lowest BCUT2D eigenvalue weighted by atomic mass is 9.42. The van der Waals surface area contributed by atoms with Gasteiger partial charge in [0.2, 0.25) is 0 Å². The second-order valence-corrected chi connectivity index (χ2v) is 12.1. The molecule has 5 aliphatic rings. The van der Waals surface area contributed by atoms with Gasteiger partial charge in [-0.15, -0.1) is 0 Å². The fourth-order valence-corrected chi connectivity index (χ4v) is 9.88. The van der Waals surface area contributed by atoms with E-state index in [4.69, 9.17) is 4.74 Å². The molecule has 0 aromatic carbocycles. The first-order chi connectivity index (χ1) is 14.7. The molecule has 5 aliphatic carbocycles. The average molecular weight is 428 g/mol. The SMILES string of the molecule is CC[C@@H]1[C]2CC(=O)CC[C@]2(C)C2CC[C@@]3(C)C(CC4C(C(=O)OC)C[C@@H](C)[C@@H]43)C2C1=O. The van der Waals surface area contributed by atoms with E-state index in [9.17, 15) is 14.4 Å². The maximum absolute atomic E-state index is 14.0. The molecule has 5 unspecified atom stereocenters. The number of Topliss-reactive ketones (excluding diaryl/α,β-unsaturated/α-hetero) is 2. The lowest BCUT2D eigenvalue weighted by Crippen LogP contribution is -2.59. The Hall–Kier alpha value is -1.19. The lowest BCUT2D eigenvalue weighted by Gasteiger charge is -2.61. The summed E-state index contributed by atoms with van der Waals surface area (Å²) < 4.78 is 5.19. The molecule has 0 spiro atoms. The quantitative estimate of drug-likeness (QED) is 0.579. The number of carbonyl (C=O) groups is 3. The Kier molecular flexibility index (Phi) is 4.99. The van der Waals surface area contributed by atoms with Crippen LogP contribution in [0.4, 0.5) is 0 Å². The highest BCUT2D eigenvalue weighted by atomic mass is 16.5. The maximum atomic E-state index is 14.0. The number of esters is 1. The summed E-state index contributed by atoms with van der Waals surface area (Å²) in [6, 6.07) is 0. The molecule has 0 heterocycles. The summed E-state index contributed by atoms with van der Waals surface area (Å²) in [5.41, 5.74) is 0.167. The van der Waals surface area contributed by atoms with Gasteiger partial charge in [-0.1, -0.05) is 27.7 Å². The van der Waals surface area contributed by atoms with Crippen LogP contribution in [-0.2, 0) is 19.1 Å². The summed E-state index contributed by atoms with van der Waals surface area (Å²) in [5, 5.41) is 0. The molecular weight excluding hydrogens is 388 g/mol. The molecule has 0 amide bonds. The third-order valence-corrected chi connectivity index (χ3v) is 11.1. The number of fused-ring (bicyclic) bond motifs is 7. The summed E-state index contributed by atoms with van der Waals surface area (Å²) in [6.45, 7) is 9.25. The average Bonchev–Trinajstić information content (AvgIpc) is 3.24. The van der Waals surface area contributed by atoms with E-state index in [-0.39, 0.29) is 34.6 Å². The number of hydrogen-bond donors (Lipinski definition) is 0. The van der Waals surface area contributed by atoms with Crippen LogP contribution in [0, 0.1) is 64.1 Å². The number of carbonyl (C=O) groups excluding carboxylic acids is 3. The van der Waals surface area contributed by atoms with Crippen molar-refractivity contribution < 1.29 is 19.1 Å². The number of hydrogen-bond acceptors (Lipinski definition) is 4. The molecule has 1 radical (unpaired) electrons. The Morgan fingerprint density at radius 2 is 1.87 bits per heavy atom. The predicted octanol–water partition coefficient (Wildman–Crippen LogP) is 5.04. The zero-order chi connectivity index (χ0) is 22.3. The van der Waals surface area contributed by atoms with Crippen molar-refractivity contribution >= 4 is 17.5 Å². The molecule has 5 rings (SSSR count). The minimum absolute atomic E-state index is 0.00319. The van der Waals surface area contributed by atoms with Crippen LogP contribution in [0.15, 0.2) is 0 Å². The van der Waals surface area contributed by atoms with Crippen molar-refractivity contribution in [1.29, 1.82) is 0 Å². The topological polar surface area (TPSA) is 60.4 Å². The zero-order valence-corrected chi connectivity index (χ0v) is 19.9. The highest BCUT2D eigenvalue weighted by Crippen LogP contribution is 2.72. The van der Waals surface area contributed by atoms with Gasteiger partial charge in [0.1, 0.15) is 11.6 Å². The monoisotopic (exact) mass is 427 g/mol. The van der Waals surface area contributed by atoms with Crippen LogP contribution in [0.25, 0.3) is 0 Å². The van der Waals surface area contributed by atoms with Crippen molar-refractivity contribution in [2.45, 2.75) is 79.1 Å². The standard InChI is InChI=1S/C27H39O4/c1-6-16-20-12-15(28)7-9-26(20,3)19-8-10-27(4)21(22(19)24(16)29)13-17-18(25(30)31-5)11-14(2)23(17)27/h14,16-19,21-23H,6-13H2,1-5H3/t14-,16-,17?,18?,19?,21?,22?,23+,26-,27+/m1/s1. The molecule has 0 aromatic rings. The van der Waals surface area contributed by atoms with Crippen molar-refractivity contribution in [3.8, 4) is 0 Å². The number of ether oxygens (including phenoxy) is 1. The summed E-state index contributed by atoms with van der Waals surface area (Å²) in [4.78, 5) is 39.0. The molecule has 0 aliphatic heterocycles. The Morgan fingerprint density at radius 3 is 2.55 bits per heavy atom. The number of ketones is 2. The van der Waals surface area contributed by atoms with Crippen LogP contribution >= 0.6 is 0 Å². The first kappa shape index (κ1) is 21.6. The molecule has 5 fully saturated rings. The van der Waals surface area contributed by atoms with E-state index in [2.05, 4.69) is 27.7 Å². The third kappa shape index (κ3) is 2.75. The van der Waals surface area contributed by atoms with E-state index in [1.54, 1.807) is 0 Å². The van der Waals surface area contributed by atoms with E-state index >= 15 is 0 Å². The van der Waals surface area contributed by atoms with Crippen LogP contribution in [0.2, 0.25) is 0 Å². The van der Waals surface area contributed by atoms with Gasteiger partial charge >= 0.3 is 5.97 Å². The fourth-order valence-electron chi connectivity index (χ4n) is 9.88. The smallest absolute Gasteiger partial charge is 0.308 e. The summed E-state index contributed by atoms with van der Waals surface area (Å²) in [6.07, 6.45) is 7.11. The minimum atomic E-state index is -0.0490. The van der Waals surface area contributed by atoms with Gasteiger partial charge in [0.15, 0.2) is 0 Å². The van der Waals surface area contributed by atoms with Gasteiger partial charge in [0.05, 0.1) is 13.0 Å². The lowest BCUT2D eigenvalue weighted by molar-refractivity contribution is -0.152. The van der Waals surface area contributed by atoms with Gasteiger partial charge < -0.3 is 4.74 Å². The van der Waals surface area contributed by atoms with Gasteiger partial charge in [0, 0.05) is 24.7 Å². The van der Waals surface area contributed by atoms with E-state index in [0.29, 0.717) is 54.0 Å². The highest BCUT2D eigenvalue weighted by molar-refractivity contribution is 5.91. The van der Waals surface area contributed by atoms with E-state index < -0.39 is 0 Å². The normalized spacial score (nSPS) is 51.6. The number of rotatable bonds is 2. The van der Waals surface area contributed by atoms with E-state index in [1.807, 2.05) is 0 Å². The van der Waals surface area contributed by atoms with Crippen molar-refractivity contribution in [1.82, 2.24) is 0 Å². The van der Waals surface area contributed by atoms with Gasteiger partial charge in [-0.05, 0) is 84.9 Å². The molecule has 0 N–H and O–H groups in total. The molecule has 31 heavy (non-hydrogen) atoms. The van der Waals surface area contributed by atoms with Crippen molar-refractivity contribution in [3.63, 3.8) is 0 Å². The predicted molar refractivity (Wildman–Crippen MR) is 118 cm³/mol. The van der Waals surface area contributed by atoms with Crippen LogP contribution in [0.3, 0.4) is 0 Å². The fraction of sp³-hybridized carbons (Fsp3) is 0.852. The number of methoxy groups -OCH3 is 1. The summed E-state index contributed by atoms with van der Waals surface area (Å²) >= 11 is 0. The Labute approximate surface area is 187 Å². The van der Waals surface area contributed by atoms with Crippen molar-refractivity contribution in [2.24, 2.45) is 58.2 Å². The molecule has 171 valence electrons. The van der Waals surface area contributed by atoms with Crippen LogP contribution in [0.5, 0.6) is 0 Å². The molecule has 0 saturated heterocycles. The molecule has 4 nitrogen and oxygen atoms in total. The van der Waals surface area contributed by atoms with Gasteiger partial charge in [-0.25, -0.2) is 0 Å². The molecule has 5 saturated carbocycles. The molecule has 4 heteroatoms.